The van der Waals surface area contributed by atoms with Crippen molar-refractivity contribution in [1.82, 2.24) is 10.6 Å². The SMILES string of the molecule is CCCCNC(=O)NCC(N)C1CCCCC1. The highest BCUT2D eigenvalue weighted by atomic mass is 16.2. The summed E-state index contributed by atoms with van der Waals surface area (Å²) in [6, 6.07) is 0.0388. The lowest BCUT2D eigenvalue weighted by atomic mass is 9.84. The van der Waals surface area contributed by atoms with Crippen molar-refractivity contribution in [2.75, 3.05) is 13.1 Å². The highest BCUT2D eigenvalue weighted by Gasteiger charge is 2.20. The number of nitrogens with two attached hydrogens (primary N) is 1. The Balaban J connectivity index is 2.09. The van der Waals surface area contributed by atoms with E-state index in [1.54, 1.807) is 0 Å². The van der Waals surface area contributed by atoms with E-state index in [1.165, 1.54) is 32.1 Å². The minimum Gasteiger partial charge on any atom is -0.338 e. The molecule has 0 bridgehead atoms. The molecular weight excluding hydrogens is 214 g/mol. The number of carbonyl (C=O) groups excluding carboxylic acids is 1. The molecule has 0 heterocycles. The third-order valence-corrected chi connectivity index (χ3v) is 3.57. The number of carbonyl (C=O) groups is 1. The summed E-state index contributed by atoms with van der Waals surface area (Å²) in [6.45, 7) is 3.46. The van der Waals surface area contributed by atoms with Crippen molar-refractivity contribution < 1.29 is 4.79 Å². The zero-order chi connectivity index (χ0) is 12.5. The first-order valence-electron chi connectivity index (χ1n) is 7.01. The third-order valence-electron chi connectivity index (χ3n) is 3.57. The van der Waals surface area contributed by atoms with Gasteiger partial charge in [-0.1, -0.05) is 32.6 Å². The van der Waals surface area contributed by atoms with Gasteiger partial charge >= 0.3 is 6.03 Å². The van der Waals surface area contributed by atoms with Gasteiger partial charge < -0.3 is 16.4 Å². The monoisotopic (exact) mass is 241 g/mol. The number of urea groups is 1. The molecule has 1 fully saturated rings. The van der Waals surface area contributed by atoms with Gasteiger partial charge in [-0.25, -0.2) is 4.79 Å². The normalized spacial score (nSPS) is 18.7. The van der Waals surface area contributed by atoms with Gasteiger partial charge in [0, 0.05) is 19.1 Å². The molecule has 2 amide bonds. The van der Waals surface area contributed by atoms with E-state index in [9.17, 15) is 4.79 Å². The maximum absolute atomic E-state index is 11.4. The molecule has 1 rings (SSSR count). The van der Waals surface area contributed by atoms with Crippen molar-refractivity contribution in [3.05, 3.63) is 0 Å². The lowest BCUT2D eigenvalue weighted by Crippen LogP contribution is -2.46. The summed E-state index contributed by atoms with van der Waals surface area (Å²) in [4.78, 5) is 11.4. The van der Waals surface area contributed by atoms with Gasteiger partial charge in [0.1, 0.15) is 0 Å². The Hall–Kier alpha value is -0.770. The lowest BCUT2D eigenvalue weighted by molar-refractivity contribution is 0.236. The van der Waals surface area contributed by atoms with Gasteiger partial charge in [-0.2, -0.15) is 0 Å². The average molecular weight is 241 g/mol. The molecule has 1 aliphatic carbocycles. The Morgan fingerprint density at radius 2 is 2.00 bits per heavy atom. The average Bonchev–Trinajstić information content (AvgIpc) is 2.37. The number of hydrogen-bond acceptors (Lipinski definition) is 2. The van der Waals surface area contributed by atoms with Crippen molar-refractivity contribution in [3.8, 4) is 0 Å². The van der Waals surface area contributed by atoms with Crippen molar-refractivity contribution in [3.63, 3.8) is 0 Å². The summed E-state index contributed by atoms with van der Waals surface area (Å²) >= 11 is 0. The second kappa shape index (κ2) is 8.34. The van der Waals surface area contributed by atoms with E-state index < -0.39 is 0 Å². The van der Waals surface area contributed by atoms with Crippen molar-refractivity contribution in [2.24, 2.45) is 11.7 Å². The van der Waals surface area contributed by atoms with Gasteiger partial charge in [-0.05, 0) is 25.2 Å². The van der Waals surface area contributed by atoms with Crippen molar-refractivity contribution in [1.29, 1.82) is 0 Å². The predicted molar refractivity (Wildman–Crippen MR) is 70.9 cm³/mol. The van der Waals surface area contributed by atoms with Gasteiger partial charge in [-0.3, -0.25) is 0 Å². The van der Waals surface area contributed by atoms with E-state index in [2.05, 4.69) is 17.6 Å². The standard InChI is InChI=1S/C13H27N3O/c1-2-3-9-15-13(17)16-10-12(14)11-7-5-4-6-8-11/h11-12H,2-10,14H2,1H3,(H2,15,16,17). The number of hydrogen-bond donors (Lipinski definition) is 3. The molecule has 4 N–H and O–H groups in total. The van der Waals surface area contributed by atoms with E-state index in [1.807, 2.05) is 0 Å². The topological polar surface area (TPSA) is 67.2 Å². The molecule has 1 saturated carbocycles. The van der Waals surface area contributed by atoms with E-state index in [0.717, 1.165) is 19.4 Å². The molecule has 0 aromatic rings. The second-order valence-corrected chi connectivity index (χ2v) is 5.05. The van der Waals surface area contributed by atoms with Crippen LogP contribution in [0.15, 0.2) is 0 Å². The maximum Gasteiger partial charge on any atom is 0.314 e. The van der Waals surface area contributed by atoms with Crippen LogP contribution in [0.5, 0.6) is 0 Å². The van der Waals surface area contributed by atoms with E-state index >= 15 is 0 Å². The summed E-state index contributed by atoms with van der Waals surface area (Å²) < 4.78 is 0. The van der Waals surface area contributed by atoms with E-state index in [0.29, 0.717) is 12.5 Å². The van der Waals surface area contributed by atoms with Crippen LogP contribution in [0.1, 0.15) is 51.9 Å². The predicted octanol–water partition coefficient (Wildman–Crippen LogP) is 1.99. The van der Waals surface area contributed by atoms with E-state index in [-0.39, 0.29) is 12.1 Å². The fourth-order valence-corrected chi connectivity index (χ4v) is 2.38. The summed E-state index contributed by atoms with van der Waals surface area (Å²) in [5, 5.41) is 5.70. The summed E-state index contributed by atoms with van der Waals surface area (Å²) in [6.07, 6.45) is 8.50. The second-order valence-electron chi connectivity index (χ2n) is 5.05. The summed E-state index contributed by atoms with van der Waals surface area (Å²) in [5.74, 6) is 0.597. The molecule has 4 heteroatoms. The number of nitrogens with one attached hydrogen (secondary N) is 2. The Bertz CT molecular complexity index is 215. The Morgan fingerprint density at radius 1 is 1.29 bits per heavy atom. The zero-order valence-electron chi connectivity index (χ0n) is 11.0. The molecule has 4 nitrogen and oxygen atoms in total. The lowest BCUT2D eigenvalue weighted by Gasteiger charge is -2.27. The first-order valence-corrected chi connectivity index (χ1v) is 7.01. The molecule has 1 atom stereocenters. The van der Waals surface area contributed by atoms with Gasteiger partial charge in [0.15, 0.2) is 0 Å². The van der Waals surface area contributed by atoms with E-state index in [4.69, 9.17) is 5.73 Å². The highest BCUT2D eigenvalue weighted by molar-refractivity contribution is 5.73. The number of rotatable bonds is 6. The fourth-order valence-electron chi connectivity index (χ4n) is 2.38. The minimum absolute atomic E-state index is 0.0790. The Kier molecular flexibility index (Phi) is 7.01. The van der Waals surface area contributed by atoms with Crippen LogP contribution < -0.4 is 16.4 Å². The molecule has 0 saturated heterocycles. The largest absolute Gasteiger partial charge is 0.338 e. The Morgan fingerprint density at radius 3 is 2.65 bits per heavy atom. The van der Waals surface area contributed by atoms with Crippen LogP contribution in [0.3, 0.4) is 0 Å². The quantitative estimate of drug-likeness (QED) is 0.623. The molecule has 17 heavy (non-hydrogen) atoms. The van der Waals surface area contributed by atoms with Crippen LogP contribution in [-0.4, -0.2) is 25.2 Å². The molecule has 1 aliphatic rings. The first kappa shape index (κ1) is 14.3. The van der Waals surface area contributed by atoms with Gasteiger partial charge in [0.25, 0.3) is 0 Å². The van der Waals surface area contributed by atoms with Crippen LogP contribution >= 0.6 is 0 Å². The van der Waals surface area contributed by atoms with Crippen LogP contribution in [0.4, 0.5) is 4.79 Å². The number of amides is 2. The van der Waals surface area contributed by atoms with Crippen LogP contribution in [0, 0.1) is 5.92 Å². The van der Waals surface area contributed by atoms with Gasteiger partial charge in [0.2, 0.25) is 0 Å². The van der Waals surface area contributed by atoms with Crippen LogP contribution in [0.25, 0.3) is 0 Å². The molecule has 0 spiro atoms. The maximum atomic E-state index is 11.4. The zero-order valence-corrected chi connectivity index (χ0v) is 11.0. The van der Waals surface area contributed by atoms with Crippen molar-refractivity contribution >= 4 is 6.03 Å². The number of unbranched alkanes of at least 4 members (excludes halogenated alkanes) is 1. The summed E-state index contributed by atoms with van der Waals surface area (Å²) in [5.41, 5.74) is 6.11. The Labute approximate surface area is 105 Å². The van der Waals surface area contributed by atoms with Gasteiger partial charge in [-0.15, -0.1) is 0 Å². The van der Waals surface area contributed by atoms with Crippen LogP contribution in [0.2, 0.25) is 0 Å². The molecule has 0 radical (unpaired) electrons. The fraction of sp³-hybridized carbons (Fsp3) is 0.923. The summed E-state index contributed by atoms with van der Waals surface area (Å²) in [7, 11) is 0. The van der Waals surface area contributed by atoms with Crippen molar-refractivity contribution in [2.45, 2.75) is 57.9 Å². The first-order chi connectivity index (χ1) is 8.24. The highest BCUT2D eigenvalue weighted by Crippen LogP contribution is 2.25. The molecule has 0 aliphatic heterocycles. The molecule has 0 aromatic carbocycles. The molecule has 100 valence electrons. The molecular formula is C13H27N3O. The van der Waals surface area contributed by atoms with Gasteiger partial charge in [0.05, 0.1) is 0 Å². The molecule has 0 aromatic heterocycles. The minimum atomic E-state index is -0.0790. The third kappa shape index (κ3) is 5.91. The van der Waals surface area contributed by atoms with Crippen LogP contribution in [-0.2, 0) is 0 Å². The smallest absolute Gasteiger partial charge is 0.314 e. The molecule has 1 unspecified atom stereocenters.